The van der Waals surface area contributed by atoms with Gasteiger partial charge in [0.25, 0.3) is 0 Å². The minimum atomic E-state index is -0.172. The average Bonchev–Trinajstić information content (AvgIpc) is 3.36. The maximum Gasteiger partial charge on any atom is 0.238 e. The molecule has 0 aliphatic carbocycles. The molecule has 2 aromatic carbocycles. The third-order valence-corrected chi connectivity index (χ3v) is 8.93. The monoisotopic (exact) mass is 519 g/mol. The number of anilines is 1. The number of thioether (sulfide) groups is 1. The number of hydrogen-bond donors (Lipinski definition) is 2. The van der Waals surface area contributed by atoms with E-state index in [9.17, 15) is 4.79 Å². The lowest BCUT2D eigenvalue weighted by atomic mass is 9.96. The fraction of sp³-hybridized carbons (Fsp3) is 0.357. The first-order chi connectivity index (χ1) is 17.7. The van der Waals surface area contributed by atoms with Crippen molar-refractivity contribution >= 4 is 35.0 Å². The van der Waals surface area contributed by atoms with Crippen molar-refractivity contribution in [1.82, 2.24) is 20.5 Å². The number of amides is 1. The van der Waals surface area contributed by atoms with Gasteiger partial charge in [0.05, 0.1) is 17.5 Å². The van der Waals surface area contributed by atoms with Crippen LogP contribution < -0.4 is 15.5 Å². The third-order valence-electron chi connectivity index (χ3n) is 7.42. The standard InChI is InChI=1S/C28H30ClN5OS/c29-22-7-8-25-21(15-22)14-19-4-1-2-6-23(19)26-17-33(12-13-34(25)26)11-10-31-27(35)24-18-36-28(32-24)20-5-3-9-30-16-20/h1-9,15-16,24,26,28,32H,10-14,17-18H2,(H,31,35)/t24-,26-,28?/m0/s1. The van der Waals surface area contributed by atoms with E-state index in [2.05, 4.69) is 67.9 Å². The predicted octanol–water partition coefficient (Wildman–Crippen LogP) is 4.02. The van der Waals surface area contributed by atoms with E-state index in [4.69, 9.17) is 11.6 Å². The Morgan fingerprint density at radius 1 is 1.14 bits per heavy atom. The molecular formula is C28H30ClN5OS. The van der Waals surface area contributed by atoms with Crippen molar-refractivity contribution in [3.8, 4) is 0 Å². The van der Waals surface area contributed by atoms with Gasteiger partial charge in [-0.05, 0) is 52.9 Å². The number of nitrogens with one attached hydrogen (secondary N) is 2. The summed E-state index contributed by atoms with van der Waals surface area (Å²) in [7, 11) is 0. The fourth-order valence-electron chi connectivity index (χ4n) is 5.61. The van der Waals surface area contributed by atoms with Crippen molar-refractivity contribution in [2.24, 2.45) is 0 Å². The lowest BCUT2D eigenvalue weighted by Gasteiger charge is -2.43. The van der Waals surface area contributed by atoms with E-state index >= 15 is 0 Å². The largest absolute Gasteiger partial charge is 0.362 e. The van der Waals surface area contributed by atoms with Gasteiger partial charge in [-0.15, -0.1) is 11.8 Å². The average molecular weight is 520 g/mol. The molecule has 0 saturated carbocycles. The molecule has 8 heteroatoms. The number of carbonyl (C=O) groups excluding carboxylic acids is 1. The van der Waals surface area contributed by atoms with Crippen LogP contribution in [-0.4, -0.2) is 60.3 Å². The quantitative estimate of drug-likeness (QED) is 0.531. The first-order valence-electron chi connectivity index (χ1n) is 12.6. The molecule has 1 aromatic heterocycles. The molecule has 0 radical (unpaired) electrons. The summed E-state index contributed by atoms with van der Waals surface area (Å²) in [6, 6.07) is 19.2. The molecule has 1 amide bonds. The van der Waals surface area contributed by atoms with E-state index < -0.39 is 0 Å². The normalized spacial score (nSPS) is 23.4. The Bertz CT molecular complexity index is 1240. The number of benzene rings is 2. The second-order valence-electron chi connectivity index (χ2n) is 9.67. The maximum atomic E-state index is 12.8. The second kappa shape index (κ2) is 10.4. The third kappa shape index (κ3) is 4.85. The van der Waals surface area contributed by atoms with E-state index in [1.807, 2.05) is 18.3 Å². The highest BCUT2D eigenvalue weighted by atomic mass is 35.5. The van der Waals surface area contributed by atoms with Crippen LogP contribution in [-0.2, 0) is 11.2 Å². The van der Waals surface area contributed by atoms with Crippen LogP contribution >= 0.6 is 23.4 Å². The van der Waals surface area contributed by atoms with E-state index in [0.717, 1.165) is 48.9 Å². The molecular weight excluding hydrogens is 490 g/mol. The second-order valence-corrected chi connectivity index (χ2v) is 11.2. The van der Waals surface area contributed by atoms with Gasteiger partial charge in [0.2, 0.25) is 5.91 Å². The topological polar surface area (TPSA) is 60.5 Å². The van der Waals surface area contributed by atoms with Crippen LogP contribution in [0.4, 0.5) is 5.69 Å². The Balaban J connectivity index is 1.08. The van der Waals surface area contributed by atoms with Gasteiger partial charge < -0.3 is 10.2 Å². The van der Waals surface area contributed by atoms with E-state index in [0.29, 0.717) is 12.6 Å². The molecule has 3 atom stereocenters. The van der Waals surface area contributed by atoms with Gasteiger partial charge in [-0.25, -0.2) is 0 Å². The molecule has 6 nitrogen and oxygen atoms in total. The highest BCUT2D eigenvalue weighted by Crippen LogP contribution is 2.40. The molecule has 3 aliphatic rings. The number of pyridine rings is 1. The molecule has 2 saturated heterocycles. The van der Waals surface area contributed by atoms with Crippen LogP contribution in [0, 0.1) is 0 Å². The minimum Gasteiger partial charge on any atom is -0.362 e. The van der Waals surface area contributed by atoms with Crippen molar-refractivity contribution in [3.63, 3.8) is 0 Å². The van der Waals surface area contributed by atoms with Gasteiger partial charge in [0.1, 0.15) is 0 Å². The van der Waals surface area contributed by atoms with E-state index in [1.54, 1.807) is 18.0 Å². The minimum absolute atomic E-state index is 0.0816. The molecule has 4 heterocycles. The number of nitrogens with zero attached hydrogens (tertiary/aromatic N) is 3. The molecule has 2 fully saturated rings. The van der Waals surface area contributed by atoms with Gasteiger partial charge in [-0.1, -0.05) is 41.9 Å². The fourth-order valence-corrected chi connectivity index (χ4v) is 7.02. The first kappa shape index (κ1) is 23.8. The highest BCUT2D eigenvalue weighted by Gasteiger charge is 2.34. The summed E-state index contributed by atoms with van der Waals surface area (Å²) in [5, 5.41) is 7.53. The summed E-state index contributed by atoms with van der Waals surface area (Å²) < 4.78 is 0. The van der Waals surface area contributed by atoms with Crippen molar-refractivity contribution < 1.29 is 4.79 Å². The molecule has 3 aromatic rings. The number of piperazine rings is 1. The van der Waals surface area contributed by atoms with Crippen molar-refractivity contribution in [2.75, 3.05) is 43.4 Å². The summed E-state index contributed by atoms with van der Waals surface area (Å²) in [5.41, 5.74) is 6.47. The smallest absolute Gasteiger partial charge is 0.238 e. The summed E-state index contributed by atoms with van der Waals surface area (Å²) in [5.74, 6) is 0.852. The van der Waals surface area contributed by atoms with Crippen LogP contribution in [0.2, 0.25) is 5.02 Å². The summed E-state index contributed by atoms with van der Waals surface area (Å²) in [4.78, 5) is 22.0. The van der Waals surface area contributed by atoms with Crippen LogP contribution in [0.25, 0.3) is 0 Å². The number of aromatic nitrogens is 1. The number of rotatable bonds is 5. The van der Waals surface area contributed by atoms with Gasteiger partial charge >= 0.3 is 0 Å². The first-order valence-corrected chi connectivity index (χ1v) is 14.0. The SMILES string of the molecule is O=C(NCCN1CCN2c3ccc(Cl)cc3Cc3ccccc3[C@@H]2C1)[C@@H]1CSC(c2cccnc2)N1. The van der Waals surface area contributed by atoms with E-state index in [-0.39, 0.29) is 17.3 Å². The van der Waals surface area contributed by atoms with Crippen molar-refractivity contribution in [1.29, 1.82) is 0 Å². The lowest BCUT2D eigenvalue weighted by molar-refractivity contribution is -0.122. The number of carbonyl (C=O) groups is 1. The van der Waals surface area contributed by atoms with E-state index in [1.165, 1.54) is 22.4 Å². The van der Waals surface area contributed by atoms with Gasteiger partial charge in [-0.3, -0.25) is 20.0 Å². The lowest BCUT2D eigenvalue weighted by Crippen LogP contribution is -2.51. The zero-order chi connectivity index (χ0) is 24.5. The van der Waals surface area contributed by atoms with Crippen LogP contribution in [0.3, 0.4) is 0 Å². The molecule has 3 aliphatic heterocycles. The Kier molecular flexibility index (Phi) is 6.89. The Labute approximate surface area is 221 Å². The maximum absolute atomic E-state index is 12.8. The highest BCUT2D eigenvalue weighted by molar-refractivity contribution is 7.99. The number of halogens is 1. The zero-order valence-electron chi connectivity index (χ0n) is 20.1. The molecule has 0 spiro atoms. The molecule has 36 heavy (non-hydrogen) atoms. The molecule has 2 N–H and O–H groups in total. The van der Waals surface area contributed by atoms with Crippen molar-refractivity contribution in [3.05, 3.63) is 94.3 Å². The molecule has 0 bridgehead atoms. The van der Waals surface area contributed by atoms with Crippen molar-refractivity contribution in [2.45, 2.75) is 23.9 Å². The van der Waals surface area contributed by atoms with Crippen LogP contribution in [0.1, 0.15) is 33.7 Å². The zero-order valence-corrected chi connectivity index (χ0v) is 21.6. The Morgan fingerprint density at radius 2 is 2.06 bits per heavy atom. The Morgan fingerprint density at radius 3 is 2.94 bits per heavy atom. The molecule has 6 rings (SSSR count). The van der Waals surface area contributed by atoms with Gasteiger partial charge in [0, 0.05) is 61.6 Å². The number of fused-ring (bicyclic) bond motifs is 5. The Hall–Kier alpha value is -2.58. The number of hydrogen-bond acceptors (Lipinski definition) is 6. The molecule has 1 unspecified atom stereocenters. The molecule has 186 valence electrons. The van der Waals surface area contributed by atoms with Crippen LogP contribution in [0.15, 0.2) is 67.0 Å². The van der Waals surface area contributed by atoms with Gasteiger partial charge in [-0.2, -0.15) is 0 Å². The predicted molar refractivity (Wildman–Crippen MR) is 147 cm³/mol. The summed E-state index contributed by atoms with van der Waals surface area (Å²) >= 11 is 8.11. The van der Waals surface area contributed by atoms with Crippen LogP contribution in [0.5, 0.6) is 0 Å². The summed E-state index contributed by atoms with van der Waals surface area (Å²) in [6.45, 7) is 4.36. The van der Waals surface area contributed by atoms with Gasteiger partial charge in [0.15, 0.2) is 0 Å². The summed E-state index contributed by atoms with van der Waals surface area (Å²) in [6.07, 6.45) is 4.54.